The van der Waals surface area contributed by atoms with E-state index in [2.05, 4.69) is 37.9 Å². The Morgan fingerprint density at radius 2 is 2.15 bits per heavy atom. The first-order valence-corrected chi connectivity index (χ1v) is 8.75. The third-order valence-electron chi connectivity index (χ3n) is 3.43. The van der Waals surface area contributed by atoms with Crippen molar-refractivity contribution in [1.82, 2.24) is 0 Å². The Kier molecular flexibility index (Phi) is 4.29. The molecule has 104 valence electrons. The quantitative estimate of drug-likeness (QED) is 0.626. The number of ketones is 1. The molecule has 1 atom stereocenters. The van der Waals surface area contributed by atoms with Crippen LogP contribution in [0.2, 0.25) is 0 Å². The lowest BCUT2D eigenvalue weighted by atomic mass is 9.88. The molecule has 1 unspecified atom stereocenters. The molecule has 2 heterocycles. The Morgan fingerprint density at radius 3 is 2.90 bits per heavy atom. The first-order valence-electron chi connectivity index (χ1n) is 6.35. The molecule has 2 nitrogen and oxygen atoms in total. The number of para-hydroxylation sites is 1. The van der Waals surface area contributed by atoms with Gasteiger partial charge in [-0.05, 0) is 61.9 Å². The van der Waals surface area contributed by atoms with Gasteiger partial charge >= 0.3 is 0 Å². The molecule has 5 heteroatoms. The monoisotopic (exact) mass is 414 g/mol. The highest BCUT2D eigenvalue weighted by molar-refractivity contribution is 9.13. The normalized spacial score (nSPS) is 17.4. The van der Waals surface area contributed by atoms with Crippen LogP contribution in [-0.2, 0) is 0 Å². The van der Waals surface area contributed by atoms with Gasteiger partial charge in [-0.3, -0.25) is 4.79 Å². The van der Waals surface area contributed by atoms with Crippen molar-refractivity contribution < 1.29 is 9.53 Å². The van der Waals surface area contributed by atoms with Crippen molar-refractivity contribution in [2.45, 2.75) is 18.8 Å². The molecule has 0 spiro atoms. The predicted molar refractivity (Wildman–Crippen MR) is 88.0 cm³/mol. The fraction of sp³-hybridized carbons (Fsp3) is 0.267. The standard InChI is InChI=1S/C15H12Br2O2S/c16-11-8-14(20-15(11)17)12(18)7-9-5-6-19-13-4-2-1-3-10(9)13/h1-4,8-9H,5-7H2. The third-order valence-corrected chi connectivity index (χ3v) is 6.73. The number of hydrogen-bond donors (Lipinski definition) is 0. The molecule has 0 amide bonds. The van der Waals surface area contributed by atoms with E-state index in [0.29, 0.717) is 13.0 Å². The summed E-state index contributed by atoms with van der Waals surface area (Å²) in [6, 6.07) is 9.90. The number of fused-ring (bicyclic) bond motifs is 1. The molecule has 0 N–H and O–H groups in total. The van der Waals surface area contributed by atoms with E-state index < -0.39 is 0 Å². The zero-order chi connectivity index (χ0) is 14.1. The lowest BCUT2D eigenvalue weighted by molar-refractivity contribution is 0.0970. The Balaban J connectivity index is 1.80. The average Bonchev–Trinajstić information content (AvgIpc) is 2.79. The topological polar surface area (TPSA) is 26.3 Å². The van der Waals surface area contributed by atoms with Crippen LogP contribution in [0.25, 0.3) is 0 Å². The third kappa shape index (κ3) is 2.85. The van der Waals surface area contributed by atoms with E-state index in [9.17, 15) is 4.79 Å². The lowest BCUT2D eigenvalue weighted by Crippen LogP contribution is -2.16. The molecule has 0 saturated carbocycles. The molecular weight excluding hydrogens is 404 g/mol. The highest BCUT2D eigenvalue weighted by Crippen LogP contribution is 2.38. The van der Waals surface area contributed by atoms with Crippen molar-refractivity contribution in [3.05, 3.63) is 49.0 Å². The minimum absolute atomic E-state index is 0.197. The molecule has 0 bridgehead atoms. The molecule has 0 aliphatic carbocycles. The lowest BCUT2D eigenvalue weighted by Gasteiger charge is -2.25. The van der Waals surface area contributed by atoms with Crippen molar-refractivity contribution in [2.24, 2.45) is 0 Å². The van der Waals surface area contributed by atoms with Crippen LogP contribution in [-0.4, -0.2) is 12.4 Å². The van der Waals surface area contributed by atoms with Crippen molar-refractivity contribution in [3.63, 3.8) is 0 Å². The minimum Gasteiger partial charge on any atom is -0.493 e. The van der Waals surface area contributed by atoms with E-state index in [-0.39, 0.29) is 11.7 Å². The van der Waals surface area contributed by atoms with Crippen LogP contribution in [0, 0.1) is 0 Å². The summed E-state index contributed by atoms with van der Waals surface area (Å²) in [7, 11) is 0. The predicted octanol–water partition coefficient (Wildman–Crippen LogP) is 5.41. The van der Waals surface area contributed by atoms with Gasteiger partial charge in [0, 0.05) is 10.9 Å². The fourth-order valence-corrected chi connectivity index (χ4v) is 4.42. The number of thiophene rings is 1. The molecule has 1 aromatic carbocycles. The molecule has 1 aromatic heterocycles. The Labute approximate surface area is 138 Å². The second kappa shape index (κ2) is 6.00. The van der Waals surface area contributed by atoms with E-state index in [0.717, 1.165) is 30.9 Å². The fourth-order valence-electron chi connectivity index (χ4n) is 2.44. The number of hydrogen-bond acceptors (Lipinski definition) is 3. The highest BCUT2D eigenvalue weighted by Gasteiger charge is 2.24. The molecule has 1 aliphatic heterocycles. The van der Waals surface area contributed by atoms with Crippen molar-refractivity contribution in [2.75, 3.05) is 6.61 Å². The maximum absolute atomic E-state index is 12.4. The van der Waals surface area contributed by atoms with Gasteiger partial charge in [-0.15, -0.1) is 11.3 Å². The maximum Gasteiger partial charge on any atom is 0.173 e. The van der Waals surface area contributed by atoms with Crippen LogP contribution in [0.5, 0.6) is 5.75 Å². The van der Waals surface area contributed by atoms with Gasteiger partial charge in [0.15, 0.2) is 5.78 Å². The largest absolute Gasteiger partial charge is 0.493 e. The summed E-state index contributed by atoms with van der Waals surface area (Å²) in [5.74, 6) is 1.38. The summed E-state index contributed by atoms with van der Waals surface area (Å²) >= 11 is 8.34. The Bertz CT molecular complexity index is 632. The molecular formula is C15H12Br2O2S. The summed E-state index contributed by atoms with van der Waals surface area (Å²) in [6.07, 6.45) is 1.44. The molecule has 3 rings (SSSR count). The number of carbonyl (C=O) groups is 1. The van der Waals surface area contributed by atoms with Crippen LogP contribution < -0.4 is 4.74 Å². The SMILES string of the molecule is O=C(CC1CCOc2ccccc21)c1cc(Br)c(Br)s1. The smallest absolute Gasteiger partial charge is 0.173 e. The summed E-state index contributed by atoms with van der Waals surface area (Å²) in [5.41, 5.74) is 1.15. The van der Waals surface area contributed by atoms with E-state index in [1.165, 1.54) is 11.3 Å². The van der Waals surface area contributed by atoms with Gasteiger partial charge in [0.2, 0.25) is 0 Å². The maximum atomic E-state index is 12.4. The van der Waals surface area contributed by atoms with Crippen LogP contribution in [0.1, 0.15) is 34.0 Å². The number of rotatable bonds is 3. The van der Waals surface area contributed by atoms with Crippen LogP contribution >= 0.6 is 43.2 Å². The summed E-state index contributed by atoms with van der Waals surface area (Å²) < 4.78 is 7.55. The number of Topliss-reactive ketones (excluding diaryl/α,β-unsaturated/α-hetero) is 1. The van der Waals surface area contributed by atoms with Gasteiger partial charge in [0.1, 0.15) is 5.75 Å². The minimum atomic E-state index is 0.197. The average molecular weight is 416 g/mol. The number of halogens is 2. The molecule has 2 aromatic rings. The van der Waals surface area contributed by atoms with E-state index >= 15 is 0 Å². The van der Waals surface area contributed by atoms with E-state index in [1.807, 2.05) is 24.3 Å². The molecule has 20 heavy (non-hydrogen) atoms. The van der Waals surface area contributed by atoms with Crippen LogP contribution in [0.4, 0.5) is 0 Å². The van der Waals surface area contributed by atoms with Gasteiger partial charge in [-0.1, -0.05) is 18.2 Å². The van der Waals surface area contributed by atoms with E-state index in [4.69, 9.17) is 4.74 Å². The van der Waals surface area contributed by atoms with Gasteiger partial charge in [-0.25, -0.2) is 0 Å². The Morgan fingerprint density at radius 1 is 1.35 bits per heavy atom. The number of carbonyl (C=O) groups excluding carboxylic acids is 1. The zero-order valence-corrected chi connectivity index (χ0v) is 14.6. The molecule has 0 saturated heterocycles. The van der Waals surface area contributed by atoms with Gasteiger partial charge < -0.3 is 4.74 Å². The van der Waals surface area contributed by atoms with Gasteiger partial charge in [0.25, 0.3) is 0 Å². The van der Waals surface area contributed by atoms with Gasteiger partial charge in [-0.2, -0.15) is 0 Å². The molecule has 1 aliphatic rings. The number of benzene rings is 1. The summed E-state index contributed by atoms with van der Waals surface area (Å²) in [6.45, 7) is 0.687. The van der Waals surface area contributed by atoms with Crippen LogP contribution in [0.3, 0.4) is 0 Å². The summed E-state index contributed by atoms with van der Waals surface area (Å²) in [4.78, 5) is 13.2. The first kappa shape index (κ1) is 14.3. The molecule has 0 radical (unpaired) electrons. The van der Waals surface area contributed by atoms with E-state index in [1.54, 1.807) is 0 Å². The highest BCUT2D eigenvalue weighted by atomic mass is 79.9. The van der Waals surface area contributed by atoms with Crippen LogP contribution in [0.15, 0.2) is 38.6 Å². The zero-order valence-electron chi connectivity index (χ0n) is 10.6. The summed E-state index contributed by atoms with van der Waals surface area (Å²) in [5, 5.41) is 0. The second-order valence-corrected chi connectivity index (χ2v) is 7.96. The first-order chi connectivity index (χ1) is 9.65. The Hall–Kier alpha value is -0.650. The van der Waals surface area contributed by atoms with Gasteiger partial charge in [0.05, 0.1) is 15.3 Å². The van der Waals surface area contributed by atoms with Crippen molar-refractivity contribution in [3.8, 4) is 5.75 Å². The van der Waals surface area contributed by atoms with Crippen molar-refractivity contribution >= 4 is 49.0 Å². The van der Waals surface area contributed by atoms with Crippen molar-refractivity contribution in [1.29, 1.82) is 0 Å². The number of ether oxygens (including phenoxy) is 1. The second-order valence-electron chi connectivity index (χ2n) is 4.73. The molecule has 0 fully saturated rings.